The van der Waals surface area contributed by atoms with E-state index in [1.54, 1.807) is 0 Å². The van der Waals surface area contributed by atoms with E-state index < -0.39 is 0 Å². The Morgan fingerprint density at radius 3 is 2.80 bits per heavy atom. The van der Waals surface area contributed by atoms with Crippen molar-refractivity contribution in [1.82, 2.24) is 0 Å². The highest BCUT2D eigenvalue weighted by Crippen LogP contribution is 2.33. The number of benzene rings is 2. The van der Waals surface area contributed by atoms with Crippen molar-refractivity contribution in [3.8, 4) is 0 Å². The fourth-order valence-electron chi connectivity index (χ4n) is 2.93. The second-order valence-corrected chi connectivity index (χ2v) is 7.06. The van der Waals surface area contributed by atoms with Crippen LogP contribution in [0.3, 0.4) is 0 Å². The molecule has 0 aromatic heterocycles. The first-order valence-corrected chi connectivity index (χ1v) is 8.59. The molecular formula is C17H17Br2N. The zero-order valence-corrected chi connectivity index (χ0v) is 14.4. The first-order valence-electron chi connectivity index (χ1n) is 7.01. The van der Waals surface area contributed by atoms with Crippen molar-refractivity contribution in [2.75, 3.05) is 11.9 Å². The van der Waals surface area contributed by atoms with Crippen molar-refractivity contribution in [3.63, 3.8) is 0 Å². The predicted octanol–water partition coefficient (Wildman–Crippen LogP) is 5.74. The summed E-state index contributed by atoms with van der Waals surface area (Å²) in [5.41, 5.74) is 4.22. The van der Waals surface area contributed by atoms with Gasteiger partial charge < -0.3 is 5.32 Å². The lowest BCUT2D eigenvalue weighted by atomic mass is 9.83. The lowest BCUT2D eigenvalue weighted by molar-refractivity contribution is 0.571. The van der Waals surface area contributed by atoms with Crippen LogP contribution in [0.4, 0.5) is 5.69 Å². The van der Waals surface area contributed by atoms with Crippen LogP contribution in [0.1, 0.15) is 29.9 Å². The molecule has 0 bridgehead atoms. The van der Waals surface area contributed by atoms with Gasteiger partial charge in [0, 0.05) is 27.1 Å². The molecule has 1 atom stereocenters. The molecular weight excluding hydrogens is 378 g/mol. The third-order valence-corrected chi connectivity index (χ3v) is 5.11. The lowest BCUT2D eigenvalue weighted by Gasteiger charge is -2.26. The van der Waals surface area contributed by atoms with Crippen LogP contribution < -0.4 is 5.32 Å². The average Bonchev–Trinajstić information content (AvgIpc) is 2.46. The number of anilines is 1. The Bertz CT molecular complexity index is 610. The van der Waals surface area contributed by atoms with Crippen molar-refractivity contribution >= 4 is 37.5 Å². The van der Waals surface area contributed by atoms with Crippen molar-refractivity contribution < 1.29 is 0 Å². The van der Waals surface area contributed by atoms with E-state index in [2.05, 4.69) is 79.6 Å². The highest BCUT2D eigenvalue weighted by Gasteiger charge is 2.19. The van der Waals surface area contributed by atoms with Crippen LogP contribution in [0.15, 0.2) is 51.4 Å². The summed E-state index contributed by atoms with van der Waals surface area (Å²) >= 11 is 7.10. The van der Waals surface area contributed by atoms with Gasteiger partial charge in [0.05, 0.1) is 0 Å². The highest BCUT2D eigenvalue weighted by molar-refractivity contribution is 9.11. The third-order valence-electron chi connectivity index (χ3n) is 3.96. The normalized spacial score (nSPS) is 17.6. The maximum Gasteiger partial charge on any atom is 0.0485 e. The molecule has 0 fully saturated rings. The molecule has 2 aromatic carbocycles. The predicted molar refractivity (Wildman–Crippen MR) is 92.5 cm³/mol. The van der Waals surface area contributed by atoms with Gasteiger partial charge in [0.1, 0.15) is 0 Å². The molecule has 2 aromatic rings. The summed E-state index contributed by atoms with van der Waals surface area (Å²) in [6, 6.07) is 15.1. The van der Waals surface area contributed by atoms with E-state index in [-0.39, 0.29) is 0 Å². The number of hydrogen-bond acceptors (Lipinski definition) is 1. The molecule has 3 rings (SSSR count). The Labute approximate surface area is 137 Å². The Kier molecular flexibility index (Phi) is 4.47. The molecule has 1 unspecified atom stereocenters. The molecule has 0 saturated carbocycles. The van der Waals surface area contributed by atoms with Gasteiger partial charge in [0.2, 0.25) is 0 Å². The Balaban J connectivity index is 1.73. The van der Waals surface area contributed by atoms with E-state index in [1.165, 1.54) is 30.4 Å². The number of aryl methyl sites for hydroxylation is 1. The van der Waals surface area contributed by atoms with Crippen molar-refractivity contribution in [3.05, 3.63) is 62.5 Å². The van der Waals surface area contributed by atoms with Gasteiger partial charge in [-0.25, -0.2) is 0 Å². The number of nitrogens with one attached hydrogen (secondary N) is 1. The Hall–Kier alpha value is -0.800. The molecule has 0 radical (unpaired) electrons. The quantitative estimate of drug-likeness (QED) is 0.699. The van der Waals surface area contributed by atoms with Gasteiger partial charge in [-0.1, -0.05) is 40.2 Å². The van der Waals surface area contributed by atoms with Crippen molar-refractivity contribution in [2.24, 2.45) is 0 Å². The van der Waals surface area contributed by atoms with Crippen molar-refractivity contribution in [2.45, 2.75) is 25.2 Å². The minimum Gasteiger partial charge on any atom is -0.384 e. The summed E-state index contributed by atoms with van der Waals surface area (Å²) in [5, 5.41) is 3.58. The number of halogens is 2. The summed E-state index contributed by atoms with van der Waals surface area (Å²) in [6.07, 6.45) is 3.80. The molecule has 3 heteroatoms. The van der Waals surface area contributed by atoms with E-state index in [0.717, 1.165) is 21.2 Å². The first kappa shape index (κ1) is 14.2. The Morgan fingerprint density at radius 2 is 1.95 bits per heavy atom. The lowest BCUT2D eigenvalue weighted by Crippen LogP contribution is -2.18. The highest BCUT2D eigenvalue weighted by atomic mass is 79.9. The van der Waals surface area contributed by atoms with Gasteiger partial charge in [-0.15, -0.1) is 0 Å². The van der Waals surface area contributed by atoms with Crippen LogP contribution in [0.5, 0.6) is 0 Å². The summed E-state index contributed by atoms with van der Waals surface area (Å²) in [7, 11) is 0. The van der Waals surface area contributed by atoms with Gasteiger partial charge in [0.15, 0.2) is 0 Å². The van der Waals surface area contributed by atoms with Gasteiger partial charge in [-0.05, 0) is 64.5 Å². The van der Waals surface area contributed by atoms with E-state index >= 15 is 0 Å². The van der Waals surface area contributed by atoms with Gasteiger partial charge in [-0.3, -0.25) is 0 Å². The Morgan fingerprint density at radius 1 is 1.10 bits per heavy atom. The minimum atomic E-state index is 0.621. The second kappa shape index (κ2) is 6.31. The standard InChI is InChI=1S/C17H17Br2N/c18-14-8-9-17(16(19)10-14)20-11-13-6-3-5-12-4-1-2-7-15(12)13/h1-2,4,7-10,13,20H,3,5-6,11H2. The van der Waals surface area contributed by atoms with Crippen LogP contribution in [0.2, 0.25) is 0 Å². The smallest absolute Gasteiger partial charge is 0.0485 e. The largest absolute Gasteiger partial charge is 0.384 e. The molecule has 1 N–H and O–H groups in total. The molecule has 20 heavy (non-hydrogen) atoms. The molecule has 0 heterocycles. The first-order chi connectivity index (χ1) is 9.74. The van der Waals surface area contributed by atoms with Crippen LogP contribution in [0.25, 0.3) is 0 Å². The molecule has 1 aliphatic rings. The van der Waals surface area contributed by atoms with Gasteiger partial charge >= 0.3 is 0 Å². The van der Waals surface area contributed by atoms with E-state index in [1.807, 2.05) is 0 Å². The number of hydrogen-bond donors (Lipinski definition) is 1. The molecule has 0 amide bonds. The topological polar surface area (TPSA) is 12.0 Å². The monoisotopic (exact) mass is 393 g/mol. The summed E-state index contributed by atoms with van der Waals surface area (Å²) < 4.78 is 2.20. The van der Waals surface area contributed by atoms with Gasteiger partial charge in [-0.2, -0.15) is 0 Å². The molecule has 1 aliphatic carbocycles. The summed E-state index contributed by atoms with van der Waals surface area (Å²) in [4.78, 5) is 0. The zero-order valence-electron chi connectivity index (χ0n) is 11.2. The third kappa shape index (κ3) is 3.09. The number of rotatable bonds is 3. The van der Waals surface area contributed by atoms with Crippen molar-refractivity contribution in [1.29, 1.82) is 0 Å². The van der Waals surface area contributed by atoms with E-state index in [9.17, 15) is 0 Å². The second-order valence-electron chi connectivity index (χ2n) is 5.29. The molecule has 1 nitrogen and oxygen atoms in total. The SMILES string of the molecule is Brc1ccc(NCC2CCCc3ccccc32)c(Br)c1. The summed E-state index contributed by atoms with van der Waals surface area (Å²) in [5.74, 6) is 0.621. The van der Waals surface area contributed by atoms with Crippen LogP contribution in [-0.4, -0.2) is 6.54 Å². The molecule has 0 aliphatic heterocycles. The number of fused-ring (bicyclic) bond motifs is 1. The average molecular weight is 395 g/mol. The van der Waals surface area contributed by atoms with Gasteiger partial charge in [0.25, 0.3) is 0 Å². The maximum atomic E-state index is 3.61. The van der Waals surface area contributed by atoms with E-state index in [0.29, 0.717) is 5.92 Å². The minimum absolute atomic E-state index is 0.621. The fourth-order valence-corrected chi connectivity index (χ4v) is 4.12. The van der Waals surface area contributed by atoms with Crippen LogP contribution in [-0.2, 0) is 6.42 Å². The fraction of sp³-hybridized carbons (Fsp3) is 0.294. The summed E-state index contributed by atoms with van der Waals surface area (Å²) in [6.45, 7) is 0.997. The molecule has 0 saturated heterocycles. The maximum absolute atomic E-state index is 3.61. The molecule has 104 valence electrons. The van der Waals surface area contributed by atoms with Crippen LogP contribution >= 0.6 is 31.9 Å². The molecule has 0 spiro atoms. The van der Waals surface area contributed by atoms with Crippen LogP contribution in [0, 0.1) is 0 Å². The zero-order chi connectivity index (χ0) is 13.9. The van der Waals surface area contributed by atoms with E-state index in [4.69, 9.17) is 0 Å².